The van der Waals surface area contributed by atoms with Crippen molar-refractivity contribution in [2.45, 2.75) is 36.6 Å². The lowest BCUT2D eigenvalue weighted by Crippen LogP contribution is -2.48. The molecule has 1 aliphatic rings. The molecule has 1 aliphatic heterocycles. The second-order valence-electron chi connectivity index (χ2n) is 10.5. The zero-order valence-electron chi connectivity index (χ0n) is 23.8. The fourth-order valence-corrected chi connectivity index (χ4v) is 6.10. The van der Waals surface area contributed by atoms with Crippen LogP contribution in [-0.4, -0.2) is 29.4 Å². The average molecular weight is 594 g/mol. The van der Waals surface area contributed by atoms with E-state index in [1.165, 1.54) is 5.56 Å². The summed E-state index contributed by atoms with van der Waals surface area (Å²) < 4.78 is 30.4. The number of hydroxylamine groups is 1. The molecule has 0 saturated carbocycles. The van der Waals surface area contributed by atoms with Crippen LogP contribution in [0.25, 0.3) is 0 Å². The third-order valence-electron chi connectivity index (χ3n) is 7.28. The van der Waals surface area contributed by atoms with Gasteiger partial charge < -0.3 is 9.57 Å². The van der Waals surface area contributed by atoms with E-state index in [-0.39, 0.29) is 11.3 Å². The van der Waals surface area contributed by atoms with E-state index in [1.807, 2.05) is 48.5 Å². The number of benzene rings is 4. The summed E-state index contributed by atoms with van der Waals surface area (Å²) >= 11 is 0. The summed E-state index contributed by atoms with van der Waals surface area (Å²) in [5.41, 5.74) is 6.24. The van der Waals surface area contributed by atoms with Gasteiger partial charge in [0.05, 0.1) is 4.90 Å². The summed E-state index contributed by atoms with van der Waals surface area (Å²) in [6.45, 7) is 1.71. The second-order valence-corrected chi connectivity index (χ2v) is 12.3. The van der Waals surface area contributed by atoms with Gasteiger partial charge in [-0.15, -0.1) is 0 Å². The van der Waals surface area contributed by atoms with Crippen molar-refractivity contribution in [1.29, 1.82) is 4.78 Å². The van der Waals surface area contributed by atoms with Gasteiger partial charge in [-0.1, -0.05) is 72.5 Å². The Bertz CT molecular complexity index is 1640. The molecule has 2 atom stereocenters. The Labute approximate surface area is 253 Å². The van der Waals surface area contributed by atoms with Gasteiger partial charge in [0.15, 0.2) is 5.75 Å². The van der Waals surface area contributed by atoms with E-state index in [0.29, 0.717) is 11.7 Å². The lowest BCUT2D eigenvalue weighted by Gasteiger charge is -2.21. The summed E-state index contributed by atoms with van der Waals surface area (Å²) in [4.78, 5) is 18.8. The second kappa shape index (κ2) is 14.7. The molecule has 1 heterocycles. The molecule has 8 heteroatoms. The van der Waals surface area contributed by atoms with Gasteiger partial charge in [0.2, 0.25) is 0 Å². The Morgan fingerprint density at radius 3 is 2.05 bits per heavy atom. The number of para-hydroxylation sites is 1. The lowest BCUT2D eigenvalue weighted by atomic mass is 9.92. The summed E-state index contributed by atoms with van der Waals surface area (Å²) in [5, 5.41) is 0. The normalized spacial score (nSPS) is 15.3. The highest BCUT2D eigenvalue weighted by Crippen LogP contribution is 2.20. The maximum absolute atomic E-state index is 13.5. The molecule has 0 aliphatic carbocycles. The molecule has 0 bridgehead atoms. The van der Waals surface area contributed by atoms with Crippen LogP contribution in [0.4, 0.5) is 0 Å². The van der Waals surface area contributed by atoms with Crippen molar-refractivity contribution in [2.75, 3.05) is 13.2 Å². The van der Waals surface area contributed by atoms with E-state index in [4.69, 9.17) is 14.4 Å². The Kier molecular flexibility index (Phi) is 10.2. The first-order chi connectivity index (χ1) is 20.9. The molecule has 0 spiro atoms. The molecule has 7 nitrogen and oxygen atoms in total. The number of amides is 1. The molecular formula is C35H35N3O4S. The molecule has 0 radical (unpaired) electrons. The number of carbonyl (C=O) groups excluding carboxylic acids is 1. The number of rotatable bonds is 10. The maximum Gasteiger partial charge on any atom is 0.271 e. The van der Waals surface area contributed by atoms with Gasteiger partial charge in [-0.3, -0.25) is 4.79 Å². The Morgan fingerprint density at radius 1 is 0.837 bits per heavy atom. The van der Waals surface area contributed by atoms with Gasteiger partial charge in [0, 0.05) is 24.3 Å². The van der Waals surface area contributed by atoms with Crippen LogP contribution in [0, 0.1) is 22.5 Å². The molecule has 43 heavy (non-hydrogen) atoms. The topological polar surface area (TPSA) is 101 Å². The number of carbonyl (C=O) groups is 1. The van der Waals surface area contributed by atoms with Gasteiger partial charge >= 0.3 is 0 Å². The zero-order valence-corrected chi connectivity index (χ0v) is 24.6. The number of nitrogens with one attached hydrogen (secondary N) is 3. The van der Waals surface area contributed by atoms with Crippen molar-refractivity contribution >= 4 is 15.8 Å². The Hall–Kier alpha value is -4.42. The van der Waals surface area contributed by atoms with Gasteiger partial charge in [-0.2, -0.15) is 5.48 Å². The van der Waals surface area contributed by atoms with Crippen LogP contribution in [0.3, 0.4) is 0 Å². The van der Waals surface area contributed by atoms with Crippen LogP contribution in [0.2, 0.25) is 0 Å². The molecule has 4 aromatic rings. The van der Waals surface area contributed by atoms with E-state index < -0.39 is 21.9 Å². The summed E-state index contributed by atoms with van der Waals surface area (Å²) in [6, 6.07) is 32.3. The number of ether oxygens (including phenoxy) is 1. The van der Waals surface area contributed by atoms with Gasteiger partial charge in [-0.25, -0.2) is 13.7 Å². The highest BCUT2D eigenvalue weighted by molar-refractivity contribution is 7.90. The first-order valence-electron chi connectivity index (χ1n) is 14.4. The quantitative estimate of drug-likeness (QED) is 0.163. The van der Waals surface area contributed by atoms with E-state index >= 15 is 0 Å². The summed E-state index contributed by atoms with van der Waals surface area (Å²) in [7, 11) is -3.53. The SMILES string of the molecule is N=S(=O)(NC(Cc1ccccc1)C(=O)NOc1ccccc1)c1ccc(C#Cc2ccc(CC3CCOCC3)cc2)cc1. The monoisotopic (exact) mass is 593 g/mol. The van der Waals surface area contributed by atoms with Crippen molar-refractivity contribution in [3.63, 3.8) is 0 Å². The van der Waals surface area contributed by atoms with Gasteiger partial charge in [0.1, 0.15) is 16.0 Å². The highest BCUT2D eigenvalue weighted by atomic mass is 32.2. The van der Waals surface area contributed by atoms with Crippen molar-refractivity contribution < 1.29 is 18.6 Å². The first kappa shape index (κ1) is 30.1. The zero-order chi connectivity index (χ0) is 29.9. The standard InChI is InChI=1S/C35H35N3O4S/c36-43(40,38-34(26-29-7-3-1-4-8-29)35(39)37-42-32-9-5-2-6-10-32)33-19-17-28(18-20-33)12-11-27-13-15-30(16-14-27)25-31-21-23-41-24-22-31/h1-10,13-20,31,34H,21-26H2,(H,37,39)(H2,36,38,40). The van der Waals surface area contributed by atoms with Crippen molar-refractivity contribution in [2.24, 2.45) is 5.92 Å². The average Bonchev–Trinajstić information content (AvgIpc) is 3.04. The van der Waals surface area contributed by atoms with Crippen LogP contribution in [0.1, 0.15) is 35.1 Å². The molecule has 1 saturated heterocycles. The molecule has 1 amide bonds. The fourth-order valence-electron chi connectivity index (χ4n) is 4.86. The minimum atomic E-state index is -3.53. The summed E-state index contributed by atoms with van der Waals surface area (Å²) in [5.74, 6) is 6.93. The minimum Gasteiger partial charge on any atom is -0.381 e. The third-order valence-corrected chi connectivity index (χ3v) is 8.83. The molecule has 2 unspecified atom stereocenters. The highest BCUT2D eigenvalue weighted by Gasteiger charge is 2.25. The molecular weight excluding hydrogens is 558 g/mol. The van der Waals surface area contributed by atoms with Crippen molar-refractivity contribution in [3.05, 3.63) is 131 Å². The molecule has 5 rings (SSSR count). The Balaban J connectivity index is 1.23. The van der Waals surface area contributed by atoms with Crippen LogP contribution in [0.5, 0.6) is 5.75 Å². The lowest BCUT2D eigenvalue weighted by molar-refractivity contribution is -0.129. The van der Waals surface area contributed by atoms with E-state index in [0.717, 1.165) is 49.2 Å². The third kappa shape index (κ3) is 9.03. The predicted octanol–water partition coefficient (Wildman–Crippen LogP) is 5.69. The van der Waals surface area contributed by atoms with Crippen LogP contribution < -0.4 is 15.0 Å². The maximum atomic E-state index is 13.5. The number of hydrogen-bond donors (Lipinski definition) is 3. The van der Waals surface area contributed by atoms with Crippen LogP contribution in [-0.2, 0) is 32.3 Å². The largest absolute Gasteiger partial charge is 0.381 e. The van der Waals surface area contributed by atoms with E-state index in [2.05, 4.69) is 34.2 Å². The number of hydrogen-bond acceptors (Lipinski definition) is 5. The Morgan fingerprint density at radius 2 is 1.42 bits per heavy atom. The van der Waals surface area contributed by atoms with Crippen LogP contribution >= 0.6 is 0 Å². The van der Waals surface area contributed by atoms with Gasteiger partial charge in [-0.05, 0) is 91.3 Å². The molecule has 3 N–H and O–H groups in total. The molecule has 1 fully saturated rings. The van der Waals surface area contributed by atoms with Crippen LogP contribution in [0.15, 0.2) is 114 Å². The van der Waals surface area contributed by atoms with Gasteiger partial charge in [0.25, 0.3) is 5.91 Å². The minimum absolute atomic E-state index is 0.220. The van der Waals surface area contributed by atoms with Crippen molar-refractivity contribution in [1.82, 2.24) is 10.2 Å². The summed E-state index contributed by atoms with van der Waals surface area (Å²) in [6.07, 6.45) is 3.51. The van der Waals surface area contributed by atoms with Crippen molar-refractivity contribution in [3.8, 4) is 17.6 Å². The smallest absolute Gasteiger partial charge is 0.271 e. The van der Waals surface area contributed by atoms with E-state index in [1.54, 1.807) is 48.5 Å². The predicted molar refractivity (Wildman–Crippen MR) is 168 cm³/mol. The molecule has 0 aromatic heterocycles. The molecule has 220 valence electrons. The first-order valence-corrected chi connectivity index (χ1v) is 15.9. The van der Waals surface area contributed by atoms with E-state index in [9.17, 15) is 9.00 Å². The fraction of sp³-hybridized carbons (Fsp3) is 0.229. The molecule has 4 aromatic carbocycles.